The second kappa shape index (κ2) is 4.48. The van der Waals surface area contributed by atoms with Crippen molar-refractivity contribution in [2.75, 3.05) is 7.11 Å². The summed E-state index contributed by atoms with van der Waals surface area (Å²) in [6, 6.07) is 8.62. The molecule has 2 heterocycles. The number of benzene rings is 1. The molecule has 1 aliphatic heterocycles. The van der Waals surface area contributed by atoms with E-state index in [9.17, 15) is 0 Å². The van der Waals surface area contributed by atoms with Gasteiger partial charge in [-0.05, 0) is 31.9 Å². The molecule has 94 valence electrons. The first-order chi connectivity index (χ1) is 8.79. The van der Waals surface area contributed by atoms with E-state index < -0.39 is 0 Å². The molecule has 0 N–H and O–H groups in total. The lowest BCUT2D eigenvalue weighted by Crippen LogP contribution is -2.14. The molecule has 0 radical (unpaired) electrons. The lowest BCUT2D eigenvalue weighted by Gasteiger charge is -2.20. The predicted molar refractivity (Wildman–Crippen MR) is 71.9 cm³/mol. The fourth-order valence-electron chi connectivity index (χ4n) is 2.68. The molecule has 1 aromatic carbocycles. The summed E-state index contributed by atoms with van der Waals surface area (Å²) in [6.45, 7) is 2.26. The minimum Gasteiger partial charge on any atom is -0.496 e. The van der Waals surface area contributed by atoms with Crippen molar-refractivity contribution in [1.82, 2.24) is 9.55 Å². The number of aryl methyl sites for hydroxylation is 1. The molecule has 0 saturated heterocycles. The van der Waals surface area contributed by atoms with Gasteiger partial charge in [-0.15, -0.1) is 0 Å². The highest BCUT2D eigenvalue weighted by Crippen LogP contribution is 2.32. The molecular formula is C15H18N2O. The molecule has 3 heteroatoms. The van der Waals surface area contributed by atoms with Crippen molar-refractivity contribution >= 4 is 0 Å². The normalized spacial score (nSPS) is 18.4. The zero-order valence-electron chi connectivity index (χ0n) is 10.9. The Labute approximate surface area is 107 Å². The Morgan fingerprint density at radius 3 is 2.94 bits per heavy atom. The van der Waals surface area contributed by atoms with Gasteiger partial charge in [0.15, 0.2) is 0 Å². The molecule has 1 atom stereocenters. The molecule has 0 bridgehead atoms. The van der Waals surface area contributed by atoms with E-state index >= 15 is 0 Å². The zero-order valence-corrected chi connectivity index (χ0v) is 10.9. The first-order valence-corrected chi connectivity index (χ1v) is 6.50. The number of aromatic nitrogens is 2. The molecule has 3 rings (SSSR count). The fourth-order valence-corrected chi connectivity index (χ4v) is 2.68. The van der Waals surface area contributed by atoms with Gasteiger partial charge in [-0.1, -0.05) is 12.1 Å². The lowest BCUT2D eigenvalue weighted by molar-refractivity contribution is 0.416. The first-order valence-electron chi connectivity index (χ1n) is 6.50. The minimum atomic E-state index is 0.560. The predicted octanol–water partition coefficient (Wildman–Crippen LogP) is 3.46. The zero-order chi connectivity index (χ0) is 12.5. The average Bonchev–Trinajstić information content (AvgIpc) is 2.84. The van der Waals surface area contributed by atoms with E-state index in [1.165, 1.54) is 18.7 Å². The number of hydrogen-bond donors (Lipinski definition) is 0. The Morgan fingerprint density at radius 1 is 1.33 bits per heavy atom. The summed E-state index contributed by atoms with van der Waals surface area (Å²) in [7, 11) is 1.71. The van der Waals surface area contributed by atoms with Crippen molar-refractivity contribution in [3.05, 3.63) is 36.3 Å². The minimum absolute atomic E-state index is 0.560. The highest BCUT2D eigenvalue weighted by molar-refractivity contribution is 5.66. The molecule has 0 fully saturated rings. The second-order valence-electron chi connectivity index (χ2n) is 4.89. The van der Waals surface area contributed by atoms with Crippen LogP contribution in [0.25, 0.3) is 11.3 Å². The van der Waals surface area contributed by atoms with Crippen LogP contribution in [0.3, 0.4) is 0 Å². The summed E-state index contributed by atoms with van der Waals surface area (Å²) < 4.78 is 7.72. The van der Waals surface area contributed by atoms with Gasteiger partial charge in [0.1, 0.15) is 11.6 Å². The van der Waals surface area contributed by atoms with Crippen molar-refractivity contribution in [2.24, 2.45) is 0 Å². The van der Waals surface area contributed by atoms with E-state index in [-0.39, 0.29) is 0 Å². The molecule has 18 heavy (non-hydrogen) atoms. The Morgan fingerprint density at radius 2 is 2.17 bits per heavy atom. The number of fused-ring (bicyclic) bond motifs is 1. The van der Waals surface area contributed by atoms with Gasteiger partial charge in [-0.2, -0.15) is 0 Å². The summed E-state index contributed by atoms with van der Waals surface area (Å²) in [5.74, 6) is 2.09. The summed E-state index contributed by atoms with van der Waals surface area (Å²) in [5.41, 5.74) is 2.10. The number of para-hydroxylation sites is 1. The monoisotopic (exact) mass is 242 g/mol. The molecule has 2 aromatic rings. The van der Waals surface area contributed by atoms with Crippen LogP contribution in [0.15, 0.2) is 30.5 Å². The molecule has 3 nitrogen and oxygen atoms in total. The maximum atomic E-state index is 5.41. The Kier molecular flexibility index (Phi) is 2.82. The van der Waals surface area contributed by atoms with E-state index in [1.54, 1.807) is 7.11 Å². The molecule has 1 aromatic heterocycles. The highest BCUT2D eigenvalue weighted by atomic mass is 16.5. The maximum Gasteiger partial charge on any atom is 0.128 e. The van der Waals surface area contributed by atoms with Gasteiger partial charge in [0.05, 0.1) is 12.8 Å². The van der Waals surface area contributed by atoms with E-state index in [0.717, 1.165) is 23.4 Å². The average molecular weight is 242 g/mol. The molecule has 0 aliphatic carbocycles. The van der Waals surface area contributed by atoms with Crippen LogP contribution in [0, 0.1) is 0 Å². The van der Waals surface area contributed by atoms with Gasteiger partial charge >= 0.3 is 0 Å². The quantitative estimate of drug-likeness (QED) is 0.806. The number of rotatable bonds is 2. The van der Waals surface area contributed by atoms with Crippen molar-refractivity contribution < 1.29 is 4.74 Å². The Hall–Kier alpha value is -1.77. The Bertz CT molecular complexity index is 559. The number of ether oxygens (including phenoxy) is 1. The van der Waals surface area contributed by atoms with Crippen LogP contribution in [-0.4, -0.2) is 16.7 Å². The number of imidazole rings is 1. The van der Waals surface area contributed by atoms with Gasteiger partial charge in [-0.3, -0.25) is 0 Å². The Balaban J connectivity index is 2.07. The summed E-state index contributed by atoms with van der Waals surface area (Å²) in [6.07, 6.45) is 5.73. The summed E-state index contributed by atoms with van der Waals surface area (Å²) in [5, 5.41) is 0. The van der Waals surface area contributed by atoms with Crippen molar-refractivity contribution in [2.45, 2.75) is 32.2 Å². The van der Waals surface area contributed by atoms with Gasteiger partial charge in [0, 0.05) is 24.2 Å². The van der Waals surface area contributed by atoms with E-state index in [2.05, 4.69) is 23.8 Å². The number of hydrogen-bond acceptors (Lipinski definition) is 2. The van der Waals surface area contributed by atoms with Crippen LogP contribution in [0.2, 0.25) is 0 Å². The molecule has 0 saturated carbocycles. The molecule has 0 amide bonds. The SMILES string of the molecule is COc1ccccc1-c1cn2c(n1)CCCC2C. The third-order valence-electron chi connectivity index (χ3n) is 3.69. The van der Waals surface area contributed by atoms with Gasteiger partial charge in [0.2, 0.25) is 0 Å². The van der Waals surface area contributed by atoms with Crippen molar-refractivity contribution in [3.8, 4) is 17.0 Å². The van der Waals surface area contributed by atoms with Crippen LogP contribution in [-0.2, 0) is 6.42 Å². The van der Waals surface area contributed by atoms with Crippen molar-refractivity contribution in [1.29, 1.82) is 0 Å². The topological polar surface area (TPSA) is 27.1 Å². The van der Waals surface area contributed by atoms with Gasteiger partial charge < -0.3 is 9.30 Å². The fraction of sp³-hybridized carbons (Fsp3) is 0.400. The maximum absolute atomic E-state index is 5.41. The van der Waals surface area contributed by atoms with E-state index in [0.29, 0.717) is 6.04 Å². The van der Waals surface area contributed by atoms with Crippen LogP contribution in [0.1, 0.15) is 31.6 Å². The van der Waals surface area contributed by atoms with Crippen LogP contribution in [0.4, 0.5) is 0 Å². The summed E-state index contributed by atoms with van der Waals surface area (Å²) >= 11 is 0. The van der Waals surface area contributed by atoms with Crippen LogP contribution < -0.4 is 4.74 Å². The number of methoxy groups -OCH3 is 1. The van der Waals surface area contributed by atoms with E-state index in [1.807, 2.05) is 18.2 Å². The third-order valence-corrected chi connectivity index (χ3v) is 3.69. The second-order valence-corrected chi connectivity index (χ2v) is 4.89. The first kappa shape index (κ1) is 11.3. The largest absolute Gasteiger partial charge is 0.496 e. The highest BCUT2D eigenvalue weighted by Gasteiger charge is 2.19. The number of nitrogens with zero attached hydrogens (tertiary/aromatic N) is 2. The molecule has 1 aliphatic rings. The van der Waals surface area contributed by atoms with E-state index in [4.69, 9.17) is 9.72 Å². The van der Waals surface area contributed by atoms with Crippen molar-refractivity contribution in [3.63, 3.8) is 0 Å². The van der Waals surface area contributed by atoms with Crippen LogP contribution in [0.5, 0.6) is 5.75 Å². The lowest BCUT2D eigenvalue weighted by atomic mass is 10.1. The van der Waals surface area contributed by atoms with Crippen LogP contribution >= 0.6 is 0 Å². The van der Waals surface area contributed by atoms with Gasteiger partial charge in [0.25, 0.3) is 0 Å². The molecule has 0 spiro atoms. The third kappa shape index (κ3) is 1.80. The standard InChI is InChI=1S/C15H18N2O/c1-11-6-5-9-15-16-13(10-17(11)15)12-7-3-4-8-14(12)18-2/h3-4,7-8,10-11H,5-6,9H2,1-2H3. The smallest absolute Gasteiger partial charge is 0.128 e. The van der Waals surface area contributed by atoms with Gasteiger partial charge in [-0.25, -0.2) is 4.98 Å². The molecule has 1 unspecified atom stereocenters. The summed E-state index contributed by atoms with van der Waals surface area (Å²) in [4.78, 5) is 4.76. The molecular weight excluding hydrogens is 224 g/mol.